The van der Waals surface area contributed by atoms with Crippen LogP contribution in [-0.4, -0.2) is 47.8 Å². The van der Waals surface area contributed by atoms with E-state index >= 15 is 0 Å². The van der Waals surface area contributed by atoms with Crippen molar-refractivity contribution >= 4 is 28.6 Å². The number of piperidine rings is 1. The third-order valence-corrected chi connectivity index (χ3v) is 8.50. The number of amides is 1. The van der Waals surface area contributed by atoms with Crippen LogP contribution in [0.3, 0.4) is 0 Å². The summed E-state index contributed by atoms with van der Waals surface area (Å²) >= 11 is 6.10. The van der Waals surface area contributed by atoms with Crippen LogP contribution in [0.25, 0.3) is 10.9 Å². The van der Waals surface area contributed by atoms with Gasteiger partial charge in [0, 0.05) is 42.9 Å². The number of nitrogens with zero attached hydrogens (tertiary/aromatic N) is 2. The second-order valence-electron chi connectivity index (χ2n) is 11.1. The molecule has 212 valence electrons. The van der Waals surface area contributed by atoms with E-state index in [9.17, 15) is 9.18 Å². The Bertz CT molecular complexity index is 1500. The zero-order chi connectivity index (χ0) is 28.2. The number of aryl methyl sites for hydroxylation is 1. The van der Waals surface area contributed by atoms with Gasteiger partial charge in [-0.2, -0.15) is 0 Å². The van der Waals surface area contributed by atoms with E-state index in [-0.39, 0.29) is 17.5 Å². The maximum Gasteiger partial charge on any atom is 0.407 e. The second kappa shape index (κ2) is 12.0. The van der Waals surface area contributed by atoms with Crippen molar-refractivity contribution in [2.75, 3.05) is 26.2 Å². The van der Waals surface area contributed by atoms with E-state index in [2.05, 4.69) is 39.5 Å². The first kappa shape index (κ1) is 27.5. The number of pyridine rings is 1. The molecule has 0 aliphatic carbocycles. The number of hydrogen-bond donors (Lipinski definition) is 1. The summed E-state index contributed by atoms with van der Waals surface area (Å²) in [5, 5.41) is 4.34. The summed E-state index contributed by atoms with van der Waals surface area (Å²) in [6.07, 6.45) is 3.35. The quantitative estimate of drug-likeness (QED) is 0.236. The summed E-state index contributed by atoms with van der Waals surface area (Å²) in [4.78, 5) is 18.7. The van der Waals surface area contributed by atoms with Crippen molar-refractivity contribution in [3.63, 3.8) is 0 Å². The molecule has 8 heteroatoms. The fourth-order valence-corrected chi connectivity index (χ4v) is 5.93. The Hall–Kier alpha value is -3.68. The second-order valence-corrected chi connectivity index (χ2v) is 11.5. The lowest BCUT2D eigenvalue weighted by molar-refractivity contribution is -0.000542. The van der Waals surface area contributed by atoms with E-state index in [0.29, 0.717) is 19.1 Å². The van der Waals surface area contributed by atoms with Gasteiger partial charge in [-0.3, -0.25) is 0 Å². The summed E-state index contributed by atoms with van der Waals surface area (Å²) < 4.78 is 25.1. The van der Waals surface area contributed by atoms with Gasteiger partial charge in [-0.25, -0.2) is 14.2 Å². The number of carbonyl (C=O) groups is 1. The van der Waals surface area contributed by atoms with Crippen molar-refractivity contribution in [3.05, 3.63) is 107 Å². The molecular formula is C33H33ClFN3O3. The lowest BCUT2D eigenvalue weighted by Gasteiger charge is -2.38. The first-order valence-corrected chi connectivity index (χ1v) is 14.5. The predicted molar refractivity (Wildman–Crippen MR) is 158 cm³/mol. The molecule has 1 N–H and O–H groups in total. The van der Waals surface area contributed by atoms with Crippen molar-refractivity contribution in [3.8, 4) is 5.75 Å². The van der Waals surface area contributed by atoms with Gasteiger partial charge in [0.2, 0.25) is 0 Å². The molecule has 0 saturated carbocycles. The van der Waals surface area contributed by atoms with Gasteiger partial charge in [0.05, 0.1) is 17.8 Å². The topological polar surface area (TPSA) is 63.7 Å². The van der Waals surface area contributed by atoms with Gasteiger partial charge in [-0.1, -0.05) is 41.9 Å². The van der Waals surface area contributed by atoms with Crippen LogP contribution in [0, 0.1) is 5.82 Å². The lowest BCUT2D eigenvalue weighted by Crippen LogP contribution is -2.47. The van der Waals surface area contributed by atoms with Gasteiger partial charge in [0.25, 0.3) is 0 Å². The number of nitrogens with one attached hydrogen (secondary N) is 1. The maximum absolute atomic E-state index is 13.5. The van der Waals surface area contributed by atoms with E-state index in [1.54, 1.807) is 6.07 Å². The molecule has 6 nitrogen and oxygen atoms in total. The van der Waals surface area contributed by atoms with E-state index in [0.717, 1.165) is 72.7 Å². The molecule has 6 rings (SSSR count). The zero-order valence-corrected chi connectivity index (χ0v) is 23.6. The van der Waals surface area contributed by atoms with Crippen LogP contribution in [0.4, 0.5) is 9.18 Å². The molecule has 4 aromatic rings. The molecule has 2 aliphatic heterocycles. The van der Waals surface area contributed by atoms with Gasteiger partial charge in [-0.05, 0) is 78.4 Å². The standard InChI is InChI=1S/C33H33ClFN3O3/c34-27-8-2-23(3-9-27)1-4-26(20-38-17-15-33(16-18-38)22-36-32(39)41-33)24-6-12-30(13-7-24)40-21-29-11-5-25-19-28(35)10-14-31(25)37-29/h2-3,5-14,19,26H,1,4,15-18,20-22H2,(H,36,39). The lowest BCUT2D eigenvalue weighted by atomic mass is 9.88. The fourth-order valence-electron chi connectivity index (χ4n) is 5.80. The van der Waals surface area contributed by atoms with Crippen molar-refractivity contribution in [2.45, 2.75) is 43.8 Å². The minimum atomic E-state index is -0.346. The minimum absolute atomic E-state index is 0.268. The third-order valence-electron chi connectivity index (χ3n) is 8.25. The predicted octanol–water partition coefficient (Wildman–Crippen LogP) is 6.90. The Balaban J connectivity index is 1.11. The summed E-state index contributed by atoms with van der Waals surface area (Å²) in [7, 11) is 0. The highest BCUT2D eigenvalue weighted by Crippen LogP contribution is 2.32. The number of aromatic nitrogens is 1. The number of halogens is 2. The average molecular weight is 574 g/mol. The van der Waals surface area contributed by atoms with E-state index in [1.165, 1.54) is 23.3 Å². The van der Waals surface area contributed by atoms with Crippen molar-refractivity contribution < 1.29 is 18.7 Å². The van der Waals surface area contributed by atoms with Gasteiger partial charge in [0.1, 0.15) is 23.8 Å². The Labute approximate surface area is 244 Å². The largest absolute Gasteiger partial charge is 0.487 e. The molecule has 1 spiro atoms. The number of ether oxygens (including phenoxy) is 2. The average Bonchev–Trinajstić information content (AvgIpc) is 3.35. The molecule has 0 radical (unpaired) electrons. The molecular weight excluding hydrogens is 541 g/mol. The monoisotopic (exact) mass is 573 g/mol. The van der Waals surface area contributed by atoms with Gasteiger partial charge >= 0.3 is 6.09 Å². The number of benzene rings is 3. The number of likely N-dealkylation sites (tertiary alicyclic amines) is 1. The van der Waals surface area contributed by atoms with Gasteiger partial charge < -0.3 is 19.7 Å². The van der Waals surface area contributed by atoms with E-state index in [4.69, 9.17) is 21.1 Å². The highest BCUT2D eigenvalue weighted by atomic mass is 35.5. The van der Waals surface area contributed by atoms with Crippen LogP contribution >= 0.6 is 11.6 Å². The third kappa shape index (κ3) is 6.80. The Morgan fingerprint density at radius 3 is 2.54 bits per heavy atom. The highest BCUT2D eigenvalue weighted by Gasteiger charge is 2.43. The zero-order valence-electron chi connectivity index (χ0n) is 22.8. The molecule has 1 unspecified atom stereocenters. The van der Waals surface area contributed by atoms with E-state index in [1.807, 2.05) is 36.4 Å². The van der Waals surface area contributed by atoms with E-state index < -0.39 is 0 Å². The van der Waals surface area contributed by atoms with Crippen LogP contribution in [0.15, 0.2) is 78.9 Å². The molecule has 2 saturated heterocycles. The fraction of sp³-hybridized carbons (Fsp3) is 0.333. The van der Waals surface area contributed by atoms with Crippen LogP contribution < -0.4 is 10.1 Å². The van der Waals surface area contributed by atoms with Crippen molar-refractivity contribution in [2.24, 2.45) is 0 Å². The van der Waals surface area contributed by atoms with Crippen molar-refractivity contribution in [1.29, 1.82) is 0 Å². The Morgan fingerprint density at radius 1 is 1.02 bits per heavy atom. The van der Waals surface area contributed by atoms with Gasteiger partial charge in [-0.15, -0.1) is 0 Å². The molecule has 1 atom stereocenters. The summed E-state index contributed by atoms with van der Waals surface area (Å²) in [5.74, 6) is 0.845. The Kier molecular flexibility index (Phi) is 8.08. The van der Waals surface area contributed by atoms with Crippen LogP contribution in [0.5, 0.6) is 5.75 Å². The normalized spacial score (nSPS) is 17.4. The molecule has 3 heterocycles. The Morgan fingerprint density at radius 2 is 1.80 bits per heavy atom. The molecule has 1 amide bonds. The SMILES string of the molecule is O=C1NCC2(CCN(CC(CCc3ccc(Cl)cc3)c3ccc(OCc4ccc5cc(F)ccc5n4)cc3)CC2)O1. The molecule has 3 aromatic carbocycles. The minimum Gasteiger partial charge on any atom is -0.487 e. The summed E-state index contributed by atoms with van der Waals surface area (Å²) in [6, 6.07) is 24.8. The highest BCUT2D eigenvalue weighted by molar-refractivity contribution is 6.30. The first-order valence-electron chi connectivity index (χ1n) is 14.1. The molecule has 1 aromatic heterocycles. The molecule has 2 fully saturated rings. The van der Waals surface area contributed by atoms with Crippen LogP contribution in [0.2, 0.25) is 5.02 Å². The van der Waals surface area contributed by atoms with Gasteiger partial charge in [0.15, 0.2) is 0 Å². The summed E-state index contributed by atoms with van der Waals surface area (Å²) in [5.41, 5.74) is 3.73. The van der Waals surface area contributed by atoms with Crippen LogP contribution in [0.1, 0.15) is 42.0 Å². The maximum atomic E-state index is 13.5. The van der Waals surface area contributed by atoms with Crippen molar-refractivity contribution in [1.82, 2.24) is 15.2 Å². The van der Waals surface area contributed by atoms with Crippen LogP contribution in [-0.2, 0) is 17.8 Å². The molecule has 2 aliphatic rings. The molecule has 0 bridgehead atoms. The number of carbonyl (C=O) groups excluding carboxylic acids is 1. The molecule has 41 heavy (non-hydrogen) atoms. The number of rotatable bonds is 9. The summed E-state index contributed by atoms with van der Waals surface area (Å²) in [6.45, 7) is 3.68. The first-order chi connectivity index (χ1) is 19.9. The smallest absolute Gasteiger partial charge is 0.407 e. The number of fused-ring (bicyclic) bond motifs is 1. The number of hydrogen-bond acceptors (Lipinski definition) is 5. The number of alkyl carbamates (subject to hydrolysis) is 1.